The van der Waals surface area contributed by atoms with Gasteiger partial charge >= 0.3 is 21.3 Å². The molecule has 0 fully saturated rings. The number of benzene rings is 1. The molecule has 1 aromatic heterocycles. The van der Waals surface area contributed by atoms with Crippen LogP contribution in [0.15, 0.2) is 33.5 Å². The van der Waals surface area contributed by atoms with Gasteiger partial charge in [0.05, 0.1) is 6.61 Å². The van der Waals surface area contributed by atoms with Crippen LogP contribution in [-0.4, -0.2) is 22.2 Å². The summed E-state index contributed by atoms with van der Waals surface area (Å²) >= 11 is 0. The van der Waals surface area contributed by atoms with Gasteiger partial charge in [-0.1, -0.05) is 41.5 Å². The van der Waals surface area contributed by atoms with Crippen molar-refractivity contribution in [3.05, 3.63) is 40.2 Å². The summed E-state index contributed by atoms with van der Waals surface area (Å²) in [7, 11) is -8.08. The average Bonchev–Trinajstić information content (AvgIpc) is 2.59. The number of rotatable bonds is 8. The number of hydrogen-bond donors (Lipinski definition) is 0. The van der Waals surface area contributed by atoms with Gasteiger partial charge in [-0.15, -0.1) is 0 Å². The summed E-state index contributed by atoms with van der Waals surface area (Å²) in [6, 6.07) is 4.64. The Labute approximate surface area is 180 Å². The quantitative estimate of drug-likeness (QED) is 0.208. The van der Waals surface area contributed by atoms with E-state index >= 15 is 0 Å². The molecule has 0 saturated heterocycles. The van der Waals surface area contributed by atoms with Crippen LogP contribution in [0, 0.1) is 0 Å². The van der Waals surface area contributed by atoms with E-state index in [1.54, 1.807) is 0 Å². The van der Waals surface area contributed by atoms with Crippen LogP contribution in [0.2, 0.25) is 16.6 Å². The van der Waals surface area contributed by atoms with E-state index in [9.17, 15) is 26.4 Å². The van der Waals surface area contributed by atoms with E-state index in [2.05, 4.69) is 45.7 Å². The van der Waals surface area contributed by atoms with E-state index in [1.807, 2.05) is 0 Å². The molecule has 0 aliphatic heterocycles. The highest BCUT2D eigenvalue weighted by Gasteiger charge is 2.48. The van der Waals surface area contributed by atoms with Gasteiger partial charge in [0.15, 0.2) is 0 Å². The van der Waals surface area contributed by atoms with E-state index in [0.717, 1.165) is 12.1 Å². The molecule has 0 spiro atoms. The van der Waals surface area contributed by atoms with Crippen LogP contribution in [0.1, 0.15) is 47.1 Å². The smallest absolute Gasteiger partial charge is 0.423 e. The minimum atomic E-state index is -5.84. The van der Waals surface area contributed by atoms with Gasteiger partial charge in [0, 0.05) is 17.5 Å². The lowest BCUT2D eigenvalue weighted by Gasteiger charge is -2.42. The maximum atomic E-state index is 12.6. The van der Waals surface area contributed by atoms with Gasteiger partial charge in [-0.05, 0) is 34.3 Å². The number of halogens is 3. The Bertz CT molecular complexity index is 1070. The molecule has 0 atom stereocenters. The lowest BCUT2D eigenvalue weighted by molar-refractivity contribution is -0.0500. The van der Waals surface area contributed by atoms with Crippen molar-refractivity contribution in [1.82, 2.24) is 0 Å². The Morgan fingerprint density at radius 2 is 1.55 bits per heavy atom. The monoisotopic (exact) mass is 480 g/mol. The Morgan fingerprint density at radius 3 is 2.03 bits per heavy atom. The summed E-state index contributed by atoms with van der Waals surface area (Å²) in [6.07, 6.45) is 0. The second-order valence-corrected chi connectivity index (χ2v) is 15.3. The maximum absolute atomic E-state index is 12.6. The maximum Gasteiger partial charge on any atom is 0.534 e. The summed E-state index contributed by atoms with van der Waals surface area (Å²) in [6.45, 7) is 12.8. The molecule has 2 aromatic rings. The van der Waals surface area contributed by atoms with Crippen LogP contribution >= 0.6 is 0 Å². The molecule has 6 nitrogen and oxygen atoms in total. The van der Waals surface area contributed by atoms with Crippen LogP contribution in [0.5, 0.6) is 5.75 Å². The second kappa shape index (κ2) is 8.95. The Morgan fingerprint density at radius 1 is 1.00 bits per heavy atom. The van der Waals surface area contributed by atoms with E-state index in [-0.39, 0.29) is 12.2 Å². The zero-order valence-corrected chi connectivity index (χ0v) is 20.1. The highest BCUT2D eigenvalue weighted by Crippen LogP contribution is 2.43. The van der Waals surface area contributed by atoms with Crippen molar-refractivity contribution >= 4 is 29.4 Å². The van der Waals surface area contributed by atoms with Crippen LogP contribution in [-0.2, 0) is 21.2 Å². The molecule has 31 heavy (non-hydrogen) atoms. The first-order valence-electron chi connectivity index (χ1n) is 9.83. The molecule has 11 heteroatoms. The molecule has 1 aromatic carbocycles. The third-order valence-corrected chi connectivity index (χ3v) is 12.5. The minimum Gasteiger partial charge on any atom is -0.423 e. The fraction of sp³-hybridized carbons (Fsp3) is 0.550. The standard InChI is InChI=1S/C20H27F3O6SSi/c1-12(2)31(13(3)4,14(5)6)27-11-15-9-19(24)28-18-10-16(7-8-17(15)18)29-30(25,26)20(21,22)23/h7-10,12-14H,11H2,1-6H3. The lowest BCUT2D eigenvalue weighted by atomic mass is 10.1. The first-order chi connectivity index (χ1) is 14.1. The zero-order chi connectivity index (χ0) is 23.8. The van der Waals surface area contributed by atoms with E-state index in [1.165, 1.54) is 12.1 Å². The largest absolute Gasteiger partial charge is 0.534 e. The van der Waals surface area contributed by atoms with Crippen molar-refractivity contribution in [2.24, 2.45) is 0 Å². The van der Waals surface area contributed by atoms with Gasteiger partial charge in [-0.25, -0.2) is 4.79 Å². The molecule has 0 unspecified atom stereocenters. The predicted molar refractivity (Wildman–Crippen MR) is 114 cm³/mol. The highest BCUT2D eigenvalue weighted by molar-refractivity contribution is 7.88. The average molecular weight is 481 g/mol. The van der Waals surface area contributed by atoms with E-state index in [4.69, 9.17) is 8.84 Å². The molecule has 0 radical (unpaired) electrons. The summed E-state index contributed by atoms with van der Waals surface area (Å²) < 4.78 is 75.9. The third-order valence-electron chi connectivity index (χ3n) is 5.48. The first-order valence-corrected chi connectivity index (χ1v) is 13.4. The Kier molecular flexibility index (Phi) is 7.33. The fourth-order valence-electron chi connectivity index (χ4n) is 4.26. The SMILES string of the molecule is CC(C)[Si](OCc1cc(=O)oc2cc(OS(=O)(=O)C(F)(F)F)ccc12)(C(C)C)C(C)C. The number of fused-ring (bicyclic) bond motifs is 1. The molecule has 174 valence electrons. The van der Waals surface area contributed by atoms with Gasteiger partial charge in [0.25, 0.3) is 0 Å². The summed E-state index contributed by atoms with van der Waals surface area (Å²) in [4.78, 5) is 12.0. The van der Waals surface area contributed by atoms with Gasteiger partial charge in [0.1, 0.15) is 11.3 Å². The summed E-state index contributed by atoms with van der Waals surface area (Å²) in [5.41, 5.74) is -4.95. The van der Waals surface area contributed by atoms with Crippen LogP contribution in [0.3, 0.4) is 0 Å². The van der Waals surface area contributed by atoms with Crippen molar-refractivity contribution in [3.63, 3.8) is 0 Å². The molecule has 0 amide bonds. The highest BCUT2D eigenvalue weighted by atomic mass is 32.2. The second-order valence-electron chi connectivity index (χ2n) is 8.34. The molecule has 1 heterocycles. The van der Waals surface area contributed by atoms with Crippen molar-refractivity contribution in [1.29, 1.82) is 0 Å². The first kappa shape index (κ1) is 25.4. The number of hydrogen-bond acceptors (Lipinski definition) is 6. The predicted octanol–water partition coefficient (Wildman–Crippen LogP) is 5.71. The van der Waals surface area contributed by atoms with Crippen LogP contribution in [0.25, 0.3) is 11.0 Å². The molecule has 2 rings (SSSR count). The van der Waals surface area contributed by atoms with Crippen molar-refractivity contribution < 1.29 is 34.6 Å². The molecule has 0 N–H and O–H groups in total. The molecular formula is C20H27F3O6SSi. The van der Waals surface area contributed by atoms with Gasteiger partial charge in [0.2, 0.25) is 8.32 Å². The third kappa shape index (κ3) is 5.15. The van der Waals surface area contributed by atoms with Crippen LogP contribution < -0.4 is 9.81 Å². The van der Waals surface area contributed by atoms with Crippen LogP contribution in [0.4, 0.5) is 13.2 Å². The number of alkyl halides is 3. The van der Waals surface area contributed by atoms with Gasteiger partial charge < -0.3 is 13.0 Å². The van der Waals surface area contributed by atoms with E-state index < -0.39 is 35.3 Å². The van der Waals surface area contributed by atoms with Crippen molar-refractivity contribution in [3.8, 4) is 5.75 Å². The minimum absolute atomic E-state index is 0.0909. The molecule has 0 saturated carbocycles. The summed E-state index contributed by atoms with van der Waals surface area (Å²) in [5, 5.41) is 0.426. The van der Waals surface area contributed by atoms with Crippen molar-refractivity contribution in [2.75, 3.05) is 0 Å². The molecule has 0 aliphatic carbocycles. The molecule has 0 bridgehead atoms. The molecular weight excluding hydrogens is 453 g/mol. The van der Waals surface area contributed by atoms with Gasteiger partial charge in [-0.3, -0.25) is 0 Å². The molecule has 0 aliphatic rings. The summed E-state index contributed by atoms with van der Waals surface area (Å²) in [5.74, 6) is -0.610. The normalized spacial score (nSPS) is 13.5. The zero-order valence-electron chi connectivity index (χ0n) is 18.2. The van der Waals surface area contributed by atoms with Crippen molar-refractivity contribution in [2.45, 2.75) is 70.3 Å². The Hall–Kier alpha value is -1.85. The lowest BCUT2D eigenvalue weighted by Crippen LogP contribution is -2.47. The topological polar surface area (TPSA) is 82.8 Å². The fourth-order valence-corrected chi connectivity index (χ4v) is 10.1. The Balaban J connectivity index is 2.46. The van der Waals surface area contributed by atoms with Gasteiger partial charge in [-0.2, -0.15) is 21.6 Å². The van der Waals surface area contributed by atoms with E-state index in [0.29, 0.717) is 27.6 Å².